The van der Waals surface area contributed by atoms with Gasteiger partial charge in [-0.15, -0.1) is 0 Å². The van der Waals surface area contributed by atoms with Crippen molar-refractivity contribution in [2.24, 2.45) is 0 Å². The van der Waals surface area contributed by atoms with Crippen molar-refractivity contribution in [3.05, 3.63) is 0 Å². The zero-order chi connectivity index (χ0) is 14.3. The third kappa shape index (κ3) is 15.4. The second-order valence-corrected chi connectivity index (χ2v) is 5.58. The van der Waals surface area contributed by atoms with Crippen molar-refractivity contribution in [1.82, 2.24) is 0 Å². The number of hydrogen-bond donors (Lipinski definition) is 2. The first-order valence-electron chi connectivity index (χ1n) is 8.06. The Morgan fingerprint density at radius 2 is 1.26 bits per heavy atom. The van der Waals surface area contributed by atoms with E-state index in [4.69, 9.17) is 5.11 Å². The second-order valence-electron chi connectivity index (χ2n) is 5.58. The van der Waals surface area contributed by atoms with Crippen molar-refractivity contribution in [1.29, 1.82) is 0 Å². The van der Waals surface area contributed by atoms with E-state index < -0.39 is 12.1 Å². The van der Waals surface area contributed by atoms with Gasteiger partial charge in [-0.3, -0.25) is 4.79 Å². The SMILES string of the molecule is CCCCCCCCCCCCCC(O)CC(=O)O. The van der Waals surface area contributed by atoms with Crippen LogP contribution < -0.4 is 0 Å². The zero-order valence-electron chi connectivity index (χ0n) is 12.6. The zero-order valence-corrected chi connectivity index (χ0v) is 12.6. The van der Waals surface area contributed by atoms with E-state index in [9.17, 15) is 9.90 Å². The number of aliphatic carboxylic acids is 1. The van der Waals surface area contributed by atoms with Crippen LogP contribution in [0.1, 0.15) is 90.4 Å². The minimum Gasteiger partial charge on any atom is -0.481 e. The summed E-state index contributed by atoms with van der Waals surface area (Å²) >= 11 is 0. The van der Waals surface area contributed by atoms with E-state index in [0.717, 1.165) is 12.8 Å². The van der Waals surface area contributed by atoms with Gasteiger partial charge < -0.3 is 10.2 Å². The van der Waals surface area contributed by atoms with Gasteiger partial charge in [0.1, 0.15) is 0 Å². The summed E-state index contributed by atoms with van der Waals surface area (Å²) < 4.78 is 0. The van der Waals surface area contributed by atoms with Gasteiger partial charge in [-0.05, 0) is 6.42 Å². The molecule has 0 aliphatic heterocycles. The molecule has 0 aromatic heterocycles. The van der Waals surface area contributed by atoms with E-state index in [-0.39, 0.29) is 6.42 Å². The summed E-state index contributed by atoms with van der Waals surface area (Å²) in [6.45, 7) is 2.24. The Labute approximate surface area is 118 Å². The van der Waals surface area contributed by atoms with Crippen LogP contribution in [0.4, 0.5) is 0 Å². The van der Waals surface area contributed by atoms with Gasteiger partial charge in [-0.2, -0.15) is 0 Å². The van der Waals surface area contributed by atoms with Crippen LogP contribution in [-0.4, -0.2) is 22.3 Å². The fourth-order valence-corrected chi connectivity index (χ4v) is 2.35. The standard InChI is InChI=1S/C16H32O3/c1-2-3-4-5-6-7-8-9-10-11-12-13-15(17)14-16(18)19/h15,17H,2-14H2,1H3,(H,18,19). The summed E-state index contributed by atoms with van der Waals surface area (Å²) in [6.07, 6.45) is 13.9. The van der Waals surface area contributed by atoms with Gasteiger partial charge in [0.05, 0.1) is 12.5 Å². The molecule has 19 heavy (non-hydrogen) atoms. The third-order valence-electron chi connectivity index (χ3n) is 3.55. The van der Waals surface area contributed by atoms with Crippen LogP contribution in [0, 0.1) is 0 Å². The highest BCUT2D eigenvalue weighted by atomic mass is 16.4. The van der Waals surface area contributed by atoms with Gasteiger partial charge in [0.25, 0.3) is 0 Å². The molecule has 0 bridgehead atoms. The molecule has 0 aliphatic carbocycles. The lowest BCUT2D eigenvalue weighted by Crippen LogP contribution is -2.12. The molecule has 0 fully saturated rings. The molecule has 0 rings (SSSR count). The summed E-state index contributed by atoms with van der Waals surface area (Å²) in [4.78, 5) is 10.4. The van der Waals surface area contributed by atoms with Gasteiger partial charge >= 0.3 is 5.97 Å². The molecule has 1 atom stereocenters. The fraction of sp³-hybridized carbons (Fsp3) is 0.938. The third-order valence-corrected chi connectivity index (χ3v) is 3.55. The molecule has 0 amide bonds. The van der Waals surface area contributed by atoms with Gasteiger partial charge in [-0.1, -0.05) is 77.6 Å². The lowest BCUT2D eigenvalue weighted by atomic mass is 10.0. The van der Waals surface area contributed by atoms with E-state index in [1.807, 2.05) is 0 Å². The summed E-state index contributed by atoms with van der Waals surface area (Å²) in [7, 11) is 0. The highest BCUT2D eigenvalue weighted by Crippen LogP contribution is 2.13. The second kappa shape index (κ2) is 13.9. The lowest BCUT2D eigenvalue weighted by molar-refractivity contribution is -0.139. The first kappa shape index (κ1) is 18.4. The van der Waals surface area contributed by atoms with E-state index in [1.54, 1.807) is 0 Å². The maximum atomic E-state index is 10.4. The molecule has 0 radical (unpaired) electrons. The first-order chi connectivity index (χ1) is 9.16. The molecule has 0 spiro atoms. The Hall–Kier alpha value is -0.570. The molecule has 0 saturated carbocycles. The Morgan fingerprint density at radius 1 is 0.842 bits per heavy atom. The molecule has 3 nitrogen and oxygen atoms in total. The Bertz CT molecular complexity index is 204. The van der Waals surface area contributed by atoms with Crippen LogP contribution in [0.15, 0.2) is 0 Å². The molecule has 0 aromatic carbocycles. The molecule has 0 aromatic rings. The number of carboxylic acid groups (broad SMARTS) is 1. The van der Waals surface area contributed by atoms with Crippen LogP contribution >= 0.6 is 0 Å². The summed E-state index contributed by atoms with van der Waals surface area (Å²) in [5.74, 6) is -0.907. The fourth-order valence-electron chi connectivity index (χ4n) is 2.35. The van der Waals surface area contributed by atoms with E-state index >= 15 is 0 Å². The molecule has 2 N–H and O–H groups in total. The molecule has 1 unspecified atom stereocenters. The number of rotatable bonds is 14. The molecule has 0 heterocycles. The van der Waals surface area contributed by atoms with Gasteiger partial charge in [0, 0.05) is 0 Å². The normalized spacial score (nSPS) is 12.5. The smallest absolute Gasteiger partial charge is 0.305 e. The summed E-state index contributed by atoms with van der Waals surface area (Å²) in [5.41, 5.74) is 0. The summed E-state index contributed by atoms with van der Waals surface area (Å²) in [5, 5.41) is 17.9. The van der Waals surface area contributed by atoms with Crippen molar-refractivity contribution >= 4 is 5.97 Å². The average molecular weight is 272 g/mol. The minimum atomic E-state index is -0.907. The highest BCUT2D eigenvalue weighted by molar-refractivity contribution is 5.67. The van der Waals surface area contributed by atoms with Gasteiger partial charge in [-0.25, -0.2) is 0 Å². The first-order valence-corrected chi connectivity index (χ1v) is 8.06. The highest BCUT2D eigenvalue weighted by Gasteiger charge is 2.08. The van der Waals surface area contributed by atoms with Gasteiger partial charge in [0.2, 0.25) is 0 Å². The van der Waals surface area contributed by atoms with E-state index in [0.29, 0.717) is 6.42 Å². The number of aliphatic hydroxyl groups is 1. The molecule has 114 valence electrons. The maximum absolute atomic E-state index is 10.4. The maximum Gasteiger partial charge on any atom is 0.305 e. The van der Waals surface area contributed by atoms with Crippen molar-refractivity contribution in [3.8, 4) is 0 Å². The number of carbonyl (C=O) groups is 1. The molecular formula is C16H32O3. The quantitative estimate of drug-likeness (QED) is 0.457. The van der Waals surface area contributed by atoms with Crippen molar-refractivity contribution in [3.63, 3.8) is 0 Å². The number of aliphatic hydroxyl groups excluding tert-OH is 1. The molecule has 0 aliphatic rings. The number of hydrogen-bond acceptors (Lipinski definition) is 2. The number of unbranched alkanes of at least 4 members (excludes halogenated alkanes) is 10. The van der Waals surface area contributed by atoms with Crippen LogP contribution in [0.5, 0.6) is 0 Å². The lowest BCUT2D eigenvalue weighted by Gasteiger charge is -2.07. The Balaban J connectivity index is 3.08. The van der Waals surface area contributed by atoms with Crippen LogP contribution in [0.3, 0.4) is 0 Å². The monoisotopic (exact) mass is 272 g/mol. The van der Waals surface area contributed by atoms with Gasteiger partial charge in [0.15, 0.2) is 0 Å². The topological polar surface area (TPSA) is 57.5 Å². The van der Waals surface area contributed by atoms with Crippen LogP contribution in [0.25, 0.3) is 0 Å². The van der Waals surface area contributed by atoms with Crippen molar-refractivity contribution < 1.29 is 15.0 Å². The average Bonchev–Trinajstić information content (AvgIpc) is 2.35. The predicted molar refractivity (Wildman–Crippen MR) is 79.3 cm³/mol. The molecule has 0 saturated heterocycles. The largest absolute Gasteiger partial charge is 0.481 e. The minimum absolute atomic E-state index is 0.113. The van der Waals surface area contributed by atoms with Crippen molar-refractivity contribution in [2.75, 3.05) is 0 Å². The molecule has 3 heteroatoms. The Kier molecular flexibility index (Phi) is 13.4. The Morgan fingerprint density at radius 3 is 1.68 bits per heavy atom. The van der Waals surface area contributed by atoms with E-state index in [2.05, 4.69) is 6.92 Å². The summed E-state index contributed by atoms with van der Waals surface area (Å²) in [6, 6.07) is 0. The van der Waals surface area contributed by atoms with Crippen LogP contribution in [-0.2, 0) is 4.79 Å². The number of carboxylic acids is 1. The molecular weight excluding hydrogens is 240 g/mol. The predicted octanol–water partition coefficient (Wildman–Crippen LogP) is 4.52. The van der Waals surface area contributed by atoms with E-state index in [1.165, 1.54) is 57.8 Å². The van der Waals surface area contributed by atoms with Crippen LogP contribution in [0.2, 0.25) is 0 Å². The van der Waals surface area contributed by atoms with Crippen molar-refractivity contribution in [2.45, 2.75) is 96.5 Å².